The summed E-state index contributed by atoms with van der Waals surface area (Å²) in [4.78, 5) is 9.43. The zero-order valence-corrected chi connectivity index (χ0v) is 12.9. The molecule has 0 spiro atoms. The second-order valence-corrected chi connectivity index (χ2v) is 5.60. The summed E-state index contributed by atoms with van der Waals surface area (Å²) >= 11 is 0. The number of anilines is 1. The molecule has 1 fully saturated rings. The molecule has 1 N–H and O–H groups in total. The molecule has 0 aliphatic heterocycles. The van der Waals surface area contributed by atoms with Crippen molar-refractivity contribution in [1.82, 2.24) is 9.97 Å². The maximum Gasteiger partial charge on any atom is 0.433 e. The van der Waals surface area contributed by atoms with Crippen LogP contribution in [0.25, 0.3) is 0 Å². The molecule has 0 atom stereocenters. The molecule has 1 heterocycles. The van der Waals surface area contributed by atoms with Gasteiger partial charge in [-0.15, -0.1) is 0 Å². The van der Waals surface area contributed by atoms with Crippen LogP contribution in [0.4, 0.5) is 19.1 Å². The zero-order chi connectivity index (χ0) is 17.3. The standard InChI is InChI=1S/C16H16F3N3O2/c1-24-13-8-10(2-5-12(13)23)9-22(11-3-4-11)15-20-7-6-14(21-15)16(17,18)19/h2,5-8,11,23H,3-4,9H2,1H3. The van der Waals surface area contributed by atoms with E-state index < -0.39 is 11.9 Å². The largest absolute Gasteiger partial charge is 0.504 e. The van der Waals surface area contributed by atoms with Crippen molar-refractivity contribution in [3.63, 3.8) is 0 Å². The quantitative estimate of drug-likeness (QED) is 0.905. The summed E-state index contributed by atoms with van der Waals surface area (Å²) in [6, 6.07) is 5.82. The first-order chi connectivity index (χ1) is 11.4. The monoisotopic (exact) mass is 339 g/mol. The summed E-state index contributed by atoms with van der Waals surface area (Å²) < 4.78 is 43.7. The minimum atomic E-state index is -4.51. The Bertz CT molecular complexity index is 733. The van der Waals surface area contributed by atoms with Crippen LogP contribution in [0.3, 0.4) is 0 Å². The summed E-state index contributed by atoms with van der Waals surface area (Å²) in [5, 5.41) is 9.65. The molecule has 1 aliphatic rings. The van der Waals surface area contributed by atoms with Crippen LogP contribution in [-0.2, 0) is 12.7 Å². The fourth-order valence-corrected chi connectivity index (χ4v) is 2.41. The molecular formula is C16H16F3N3O2. The molecule has 128 valence electrons. The predicted molar refractivity (Wildman–Crippen MR) is 80.9 cm³/mol. The molecule has 3 rings (SSSR count). The molecule has 0 saturated heterocycles. The van der Waals surface area contributed by atoms with Gasteiger partial charge in [0.25, 0.3) is 0 Å². The number of halogens is 3. The number of aromatic hydroxyl groups is 1. The van der Waals surface area contributed by atoms with Gasteiger partial charge in [0, 0.05) is 18.8 Å². The number of ether oxygens (including phenoxy) is 1. The van der Waals surface area contributed by atoms with Crippen LogP contribution in [0, 0.1) is 0 Å². The number of phenols is 1. The molecule has 1 aromatic carbocycles. The predicted octanol–water partition coefficient (Wildman–Crippen LogP) is 3.38. The maximum absolute atomic E-state index is 12.9. The van der Waals surface area contributed by atoms with E-state index in [1.165, 1.54) is 13.2 Å². The second kappa shape index (κ2) is 6.18. The molecule has 1 saturated carbocycles. The first-order valence-corrected chi connectivity index (χ1v) is 7.41. The molecular weight excluding hydrogens is 323 g/mol. The number of phenolic OH excluding ortho intramolecular Hbond substituents is 1. The van der Waals surface area contributed by atoms with Gasteiger partial charge in [0.15, 0.2) is 11.5 Å². The number of benzene rings is 1. The Morgan fingerprint density at radius 2 is 2.04 bits per heavy atom. The maximum atomic E-state index is 12.9. The van der Waals surface area contributed by atoms with E-state index >= 15 is 0 Å². The summed E-state index contributed by atoms with van der Waals surface area (Å²) in [6.45, 7) is 0.336. The smallest absolute Gasteiger partial charge is 0.433 e. The van der Waals surface area contributed by atoms with Gasteiger partial charge in [-0.3, -0.25) is 0 Å². The van der Waals surface area contributed by atoms with Crippen molar-refractivity contribution in [3.8, 4) is 11.5 Å². The lowest BCUT2D eigenvalue weighted by Gasteiger charge is -2.23. The van der Waals surface area contributed by atoms with Gasteiger partial charge in [-0.25, -0.2) is 9.97 Å². The number of methoxy groups -OCH3 is 1. The Morgan fingerprint density at radius 3 is 2.67 bits per heavy atom. The Morgan fingerprint density at radius 1 is 1.29 bits per heavy atom. The number of hydrogen-bond donors (Lipinski definition) is 1. The highest BCUT2D eigenvalue weighted by molar-refractivity contribution is 5.44. The van der Waals surface area contributed by atoms with Crippen LogP contribution in [-0.4, -0.2) is 28.2 Å². The fourth-order valence-electron chi connectivity index (χ4n) is 2.41. The minimum absolute atomic E-state index is 0.00883. The number of nitrogens with zero attached hydrogens (tertiary/aromatic N) is 3. The van der Waals surface area contributed by atoms with Crippen LogP contribution in [0.2, 0.25) is 0 Å². The third-order valence-corrected chi connectivity index (χ3v) is 3.77. The lowest BCUT2D eigenvalue weighted by Crippen LogP contribution is -2.28. The molecule has 5 nitrogen and oxygen atoms in total. The van der Waals surface area contributed by atoms with Crippen molar-refractivity contribution in [2.24, 2.45) is 0 Å². The number of hydrogen-bond acceptors (Lipinski definition) is 5. The highest BCUT2D eigenvalue weighted by Gasteiger charge is 2.35. The molecule has 0 amide bonds. The van der Waals surface area contributed by atoms with Gasteiger partial charge in [-0.1, -0.05) is 6.07 Å². The average molecular weight is 339 g/mol. The van der Waals surface area contributed by atoms with E-state index in [1.54, 1.807) is 17.0 Å². The number of aromatic nitrogens is 2. The lowest BCUT2D eigenvalue weighted by molar-refractivity contribution is -0.141. The first-order valence-electron chi connectivity index (χ1n) is 7.41. The Balaban J connectivity index is 1.89. The third-order valence-electron chi connectivity index (χ3n) is 3.77. The van der Waals surface area contributed by atoms with E-state index in [2.05, 4.69) is 9.97 Å². The van der Waals surface area contributed by atoms with Crippen LogP contribution in [0.15, 0.2) is 30.5 Å². The molecule has 8 heteroatoms. The SMILES string of the molecule is COc1cc(CN(c2nccc(C(F)(F)F)n2)C2CC2)ccc1O. The topological polar surface area (TPSA) is 58.5 Å². The van der Waals surface area contributed by atoms with Crippen molar-refractivity contribution < 1.29 is 23.0 Å². The molecule has 0 radical (unpaired) electrons. The zero-order valence-electron chi connectivity index (χ0n) is 12.9. The third kappa shape index (κ3) is 3.52. The summed E-state index contributed by atoms with van der Waals surface area (Å²) in [5.74, 6) is 0.377. The van der Waals surface area contributed by atoms with Gasteiger partial charge >= 0.3 is 6.18 Å². The number of alkyl halides is 3. The average Bonchev–Trinajstić information content (AvgIpc) is 3.38. The van der Waals surface area contributed by atoms with Crippen molar-refractivity contribution in [2.45, 2.75) is 31.6 Å². The van der Waals surface area contributed by atoms with Gasteiger partial charge in [0.2, 0.25) is 5.95 Å². The Kier molecular flexibility index (Phi) is 4.21. The van der Waals surface area contributed by atoms with Gasteiger partial charge in [0.1, 0.15) is 5.69 Å². The van der Waals surface area contributed by atoms with Crippen molar-refractivity contribution >= 4 is 5.95 Å². The highest BCUT2D eigenvalue weighted by atomic mass is 19.4. The van der Waals surface area contributed by atoms with Gasteiger partial charge in [0.05, 0.1) is 7.11 Å². The molecule has 24 heavy (non-hydrogen) atoms. The van der Waals surface area contributed by atoms with Gasteiger partial charge in [-0.05, 0) is 36.6 Å². The fraction of sp³-hybridized carbons (Fsp3) is 0.375. The van der Waals surface area contributed by atoms with E-state index in [1.807, 2.05) is 0 Å². The van der Waals surface area contributed by atoms with Crippen LogP contribution in [0.1, 0.15) is 24.1 Å². The van der Waals surface area contributed by atoms with Crippen molar-refractivity contribution in [3.05, 3.63) is 41.7 Å². The molecule has 0 bridgehead atoms. The van der Waals surface area contributed by atoms with Crippen molar-refractivity contribution in [2.75, 3.05) is 12.0 Å². The molecule has 2 aromatic rings. The first kappa shape index (κ1) is 16.4. The number of rotatable bonds is 5. The molecule has 1 aliphatic carbocycles. The summed E-state index contributed by atoms with van der Waals surface area (Å²) in [7, 11) is 1.44. The van der Waals surface area contributed by atoms with Crippen LogP contribution >= 0.6 is 0 Å². The molecule has 1 aromatic heterocycles. The Hall–Kier alpha value is -2.51. The lowest BCUT2D eigenvalue weighted by atomic mass is 10.2. The van der Waals surface area contributed by atoms with Gasteiger partial charge < -0.3 is 14.7 Å². The normalized spacial score (nSPS) is 14.5. The minimum Gasteiger partial charge on any atom is -0.504 e. The van der Waals surface area contributed by atoms with E-state index in [0.29, 0.717) is 12.3 Å². The van der Waals surface area contributed by atoms with Gasteiger partial charge in [-0.2, -0.15) is 13.2 Å². The molecule has 0 unspecified atom stereocenters. The van der Waals surface area contributed by atoms with E-state index in [9.17, 15) is 18.3 Å². The summed E-state index contributed by atoms with van der Waals surface area (Å²) in [5.41, 5.74) is -0.168. The second-order valence-electron chi connectivity index (χ2n) is 5.60. The van der Waals surface area contributed by atoms with Crippen molar-refractivity contribution in [1.29, 1.82) is 0 Å². The Labute approximate surface area is 136 Å². The summed E-state index contributed by atoms with van der Waals surface area (Å²) in [6.07, 6.45) is -1.61. The van der Waals surface area contributed by atoms with Crippen LogP contribution < -0.4 is 9.64 Å². The van der Waals surface area contributed by atoms with E-state index in [4.69, 9.17) is 4.74 Å². The van der Waals surface area contributed by atoms with Crippen LogP contribution in [0.5, 0.6) is 11.5 Å². The van der Waals surface area contributed by atoms with E-state index in [0.717, 1.165) is 30.7 Å². The highest BCUT2D eigenvalue weighted by Crippen LogP contribution is 2.34. The van der Waals surface area contributed by atoms with E-state index in [-0.39, 0.29) is 17.7 Å².